The van der Waals surface area contributed by atoms with Crippen LogP contribution in [0, 0.1) is 0 Å². The van der Waals surface area contributed by atoms with Crippen LogP contribution in [-0.2, 0) is 17.9 Å². The minimum atomic E-state index is 0.149. The maximum Gasteiger partial charge on any atom is 0.223 e. The van der Waals surface area contributed by atoms with Gasteiger partial charge in [0.25, 0.3) is 0 Å². The summed E-state index contributed by atoms with van der Waals surface area (Å²) in [6.07, 6.45) is 2.14. The topological polar surface area (TPSA) is 33.5 Å². The van der Waals surface area contributed by atoms with Gasteiger partial charge in [0.15, 0.2) is 0 Å². The Morgan fingerprint density at radius 1 is 1.08 bits per heavy atom. The summed E-state index contributed by atoms with van der Waals surface area (Å²) in [5.74, 6) is 1.16. The van der Waals surface area contributed by atoms with Crippen LogP contribution in [0.25, 0.3) is 0 Å². The fraction of sp³-hybridized carbons (Fsp3) is 0.250. The molecular weight excluding hydrogens is 318 g/mol. The number of carbonyl (C=O) groups excluding carboxylic acids is 1. The van der Waals surface area contributed by atoms with Gasteiger partial charge in [0, 0.05) is 11.3 Å². The molecular formula is C20H21NO2S. The molecule has 3 nitrogen and oxygen atoms in total. The van der Waals surface area contributed by atoms with E-state index in [1.807, 2.05) is 46.7 Å². The Hall–Kier alpha value is -2.33. The quantitative estimate of drug-likeness (QED) is 0.602. The molecule has 1 aromatic carbocycles. The van der Waals surface area contributed by atoms with Crippen LogP contribution in [0.15, 0.2) is 70.7 Å². The van der Waals surface area contributed by atoms with Gasteiger partial charge in [-0.2, -0.15) is 0 Å². The molecule has 2 aromatic heterocycles. The molecule has 0 saturated heterocycles. The van der Waals surface area contributed by atoms with Gasteiger partial charge in [0.1, 0.15) is 5.76 Å². The summed E-state index contributed by atoms with van der Waals surface area (Å²) in [5, 5.41) is 2.04. The largest absolute Gasteiger partial charge is 0.467 e. The van der Waals surface area contributed by atoms with E-state index < -0.39 is 0 Å². The van der Waals surface area contributed by atoms with Crippen LogP contribution in [-0.4, -0.2) is 10.8 Å². The number of benzene rings is 1. The van der Waals surface area contributed by atoms with Gasteiger partial charge >= 0.3 is 0 Å². The van der Waals surface area contributed by atoms with Gasteiger partial charge in [-0.15, -0.1) is 11.3 Å². The molecule has 4 heteroatoms. The first-order valence-corrected chi connectivity index (χ1v) is 8.98. The van der Waals surface area contributed by atoms with Gasteiger partial charge in [0.05, 0.1) is 19.4 Å². The van der Waals surface area contributed by atoms with E-state index in [2.05, 4.69) is 25.1 Å². The summed E-state index contributed by atoms with van der Waals surface area (Å²) >= 11 is 1.67. The molecule has 124 valence electrons. The molecule has 1 atom stereocenters. The van der Waals surface area contributed by atoms with Crippen molar-refractivity contribution in [1.82, 2.24) is 4.90 Å². The second-order valence-electron chi connectivity index (χ2n) is 5.92. The zero-order valence-electron chi connectivity index (χ0n) is 13.7. The van der Waals surface area contributed by atoms with Gasteiger partial charge < -0.3 is 9.32 Å². The van der Waals surface area contributed by atoms with Crippen molar-refractivity contribution in [3.05, 3.63) is 82.4 Å². The van der Waals surface area contributed by atoms with Crippen molar-refractivity contribution in [2.24, 2.45) is 0 Å². The monoisotopic (exact) mass is 339 g/mol. The van der Waals surface area contributed by atoms with Gasteiger partial charge in [-0.25, -0.2) is 0 Å². The lowest BCUT2D eigenvalue weighted by Gasteiger charge is -2.23. The number of carbonyl (C=O) groups is 1. The summed E-state index contributed by atoms with van der Waals surface area (Å²) in [7, 11) is 0. The second kappa shape index (κ2) is 7.97. The highest BCUT2D eigenvalue weighted by Crippen LogP contribution is 2.22. The highest BCUT2D eigenvalue weighted by Gasteiger charge is 2.19. The van der Waals surface area contributed by atoms with Crippen molar-refractivity contribution in [2.75, 3.05) is 0 Å². The van der Waals surface area contributed by atoms with E-state index in [0.717, 1.165) is 5.76 Å². The predicted molar refractivity (Wildman–Crippen MR) is 96.8 cm³/mol. The highest BCUT2D eigenvalue weighted by atomic mass is 32.1. The Kier molecular flexibility index (Phi) is 5.49. The van der Waals surface area contributed by atoms with Crippen LogP contribution < -0.4 is 0 Å². The molecule has 3 rings (SSSR count). The SMILES string of the molecule is CC(CC(=O)N(Cc1ccco1)Cc1cccs1)c1ccccc1. The lowest BCUT2D eigenvalue weighted by Crippen LogP contribution is -2.30. The van der Waals surface area contributed by atoms with Crippen molar-refractivity contribution in [1.29, 1.82) is 0 Å². The van der Waals surface area contributed by atoms with E-state index >= 15 is 0 Å². The standard InChI is InChI=1S/C20H21NO2S/c1-16(17-7-3-2-4-8-17)13-20(22)21(14-18-9-5-11-23-18)15-19-10-6-12-24-19/h2-12,16H,13-15H2,1H3. The third-order valence-corrected chi connectivity index (χ3v) is 4.92. The van der Waals surface area contributed by atoms with Gasteiger partial charge in [-0.05, 0) is 35.1 Å². The van der Waals surface area contributed by atoms with Crippen LogP contribution in [0.2, 0.25) is 0 Å². The van der Waals surface area contributed by atoms with E-state index in [4.69, 9.17) is 4.42 Å². The van der Waals surface area contributed by atoms with Crippen molar-refractivity contribution in [3.8, 4) is 0 Å². The van der Waals surface area contributed by atoms with Gasteiger partial charge in [0.2, 0.25) is 5.91 Å². The fourth-order valence-electron chi connectivity index (χ4n) is 2.70. The van der Waals surface area contributed by atoms with E-state index in [1.165, 1.54) is 10.4 Å². The van der Waals surface area contributed by atoms with E-state index in [1.54, 1.807) is 17.6 Å². The smallest absolute Gasteiger partial charge is 0.223 e. The first kappa shape index (κ1) is 16.5. The second-order valence-corrected chi connectivity index (χ2v) is 6.96. The Labute approximate surface area is 146 Å². The van der Waals surface area contributed by atoms with E-state index in [-0.39, 0.29) is 11.8 Å². The maximum atomic E-state index is 12.9. The van der Waals surface area contributed by atoms with Crippen LogP contribution in [0.3, 0.4) is 0 Å². The van der Waals surface area contributed by atoms with Crippen molar-refractivity contribution in [2.45, 2.75) is 32.4 Å². The summed E-state index contributed by atoms with van der Waals surface area (Å²) in [4.78, 5) is 15.9. The van der Waals surface area contributed by atoms with Crippen molar-refractivity contribution in [3.63, 3.8) is 0 Å². The molecule has 0 bridgehead atoms. The third-order valence-electron chi connectivity index (χ3n) is 4.06. The Bertz CT molecular complexity index is 699. The molecule has 0 radical (unpaired) electrons. The molecule has 24 heavy (non-hydrogen) atoms. The molecule has 2 heterocycles. The first-order chi connectivity index (χ1) is 11.7. The normalized spacial score (nSPS) is 12.0. The Morgan fingerprint density at radius 2 is 1.92 bits per heavy atom. The summed E-state index contributed by atoms with van der Waals surface area (Å²) in [6.45, 7) is 3.23. The minimum absolute atomic E-state index is 0.149. The van der Waals surface area contributed by atoms with E-state index in [0.29, 0.717) is 19.5 Å². The first-order valence-electron chi connectivity index (χ1n) is 8.10. The number of furan rings is 1. The number of rotatable bonds is 7. The molecule has 0 aliphatic carbocycles. The fourth-order valence-corrected chi connectivity index (χ4v) is 3.42. The average molecular weight is 339 g/mol. The van der Waals surface area contributed by atoms with Gasteiger partial charge in [-0.3, -0.25) is 4.79 Å². The van der Waals surface area contributed by atoms with Crippen LogP contribution in [0.1, 0.15) is 35.5 Å². The lowest BCUT2D eigenvalue weighted by atomic mass is 9.97. The number of amides is 1. The molecule has 0 fully saturated rings. The zero-order chi connectivity index (χ0) is 16.8. The molecule has 0 aliphatic heterocycles. The average Bonchev–Trinajstić information content (AvgIpc) is 3.29. The molecule has 0 spiro atoms. The van der Waals surface area contributed by atoms with Crippen LogP contribution in [0.4, 0.5) is 0 Å². The van der Waals surface area contributed by atoms with Crippen molar-refractivity contribution < 1.29 is 9.21 Å². The molecule has 3 aromatic rings. The summed E-state index contributed by atoms with van der Waals surface area (Å²) < 4.78 is 5.43. The molecule has 0 aliphatic rings. The number of nitrogens with zero attached hydrogens (tertiary/aromatic N) is 1. The third kappa shape index (κ3) is 4.36. The minimum Gasteiger partial charge on any atom is -0.467 e. The lowest BCUT2D eigenvalue weighted by molar-refractivity contribution is -0.133. The Morgan fingerprint density at radius 3 is 2.58 bits per heavy atom. The highest BCUT2D eigenvalue weighted by molar-refractivity contribution is 7.09. The van der Waals surface area contributed by atoms with Gasteiger partial charge in [-0.1, -0.05) is 43.3 Å². The number of hydrogen-bond donors (Lipinski definition) is 0. The predicted octanol–water partition coefficient (Wildman–Crippen LogP) is 5.06. The van der Waals surface area contributed by atoms with Crippen molar-refractivity contribution >= 4 is 17.2 Å². The summed E-state index contributed by atoms with van der Waals surface area (Å²) in [5.41, 5.74) is 1.19. The van der Waals surface area contributed by atoms with Crippen LogP contribution in [0.5, 0.6) is 0 Å². The van der Waals surface area contributed by atoms with Crippen LogP contribution >= 0.6 is 11.3 Å². The maximum absolute atomic E-state index is 12.9. The molecule has 1 unspecified atom stereocenters. The summed E-state index contributed by atoms with van der Waals surface area (Å²) in [6, 6.07) is 18.0. The number of thiophene rings is 1. The van der Waals surface area contributed by atoms with E-state index in [9.17, 15) is 4.79 Å². The molecule has 0 saturated carbocycles. The molecule has 0 N–H and O–H groups in total. The Balaban J connectivity index is 1.70. The zero-order valence-corrected chi connectivity index (χ0v) is 14.5. The molecule has 1 amide bonds. The number of hydrogen-bond acceptors (Lipinski definition) is 3.